The zero-order valence-corrected chi connectivity index (χ0v) is 12.9. The van der Waals surface area contributed by atoms with Gasteiger partial charge in [-0.2, -0.15) is 0 Å². The molecular weight excluding hydrogens is 324 g/mol. The predicted octanol–water partition coefficient (Wildman–Crippen LogP) is 1.02. The van der Waals surface area contributed by atoms with Crippen molar-refractivity contribution in [2.24, 2.45) is 0 Å². The summed E-state index contributed by atoms with van der Waals surface area (Å²) >= 11 is 0. The molecule has 0 atom stereocenters. The number of hydrogen-bond donors (Lipinski definition) is 5. The van der Waals surface area contributed by atoms with E-state index >= 15 is 0 Å². The third kappa shape index (κ3) is 1.97. The minimum Gasteiger partial charge on any atom is -0.478 e. The van der Waals surface area contributed by atoms with Crippen LogP contribution < -0.4 is 21.3 Å². The second-order valence-electron chi connectivity index (χ2n) is 5.91. The van der Waals surface area contributed by atoms with Gasteiger partial charge in [0, 0.05) is 11.1 Å². The van der Waals surface area contributed by atoms with Crippen LogP contribution in [0.4, 0.5) is 9.59 Å². The summed E-state index contributed by atoms with van der Waals surface area (Å²) in [6, 6.07) is 14.1. The lowest BCUT2D eigenvalue weighted by atomic mass is 9.83. The summed E-state index contributed by atoms with van der Waals surface area (Å²) in [5.41, 5.74) is -1.21. The van der Waals surface area contributed by atoms with E-state index in [2.05, 4.69) is 21.3 Å². The van der Waals surface area contributed by atoms with Crippen molar-refractivity contribution < 1.29 is 19.5 Å². The number of benzene rings is 2. The molecule has 0 aliphatic carbocycles. The maximum Gasteiger partial charge on any atom is 0.335 e. The second kappa shape index (κ2) is 4.97. The number of carboxylic acids is 1. The van der Waals surface area contributed by atoms with Gasteiger partial charge in [-0.05, 0) is 12.1 Å². The molecule has 5 N–H and O–H groups in total. The van der Waals surface area contributed by atoms with E-state index in [0.717, 1.165) is 0 Å². The van der Waals surface area contributed by atoms with Crippen molar-refractivity contribution in [3.63, 3.8) is 0 Å². The fourth-order valence-electron chi connectivity index (χ4n) is 3.45. The monoisotopic (exact) mass is 338 g/mol. The number of fused-ring (bicyclic) bond motifs is 1. The van der Waals surface area contributed by atoms with E-state index in [1.807, 2.05) is 6.07 Å². The molecule has 4 amide bonds. The molecule has 0 saturated carbocycles. The summed E-state index contributed by atoms with van der Waals surface area (Å²) in [7, 11) is 0. The minimum absolute atomic E-state index is 0.111. The lowest BCUT2D eigenvalue weighted by Crippen LogP contribution is -2.60. The Morgan fingerprint density at radius 2 is 1.16 bits per heavy atom. The van der Waals surface area contributed by atoms with Crippen LogP contribution >= 0.6 is 0 Å². The number of urea groups is 2. The Morgan fingerprint density at radius 3 is 1.60 bits per heavy atom. The number of hydrogen-bond acceptors (Lipinski definition) is 3. The average molecular weight is 338 g/mol. The van der Waals surface area contributed by atoms with E-state index in [9.17, 15) is 14.4 Å². The minimum atomic E-state index is -1.29. The van der Waals surface area contributed by atoms with Crippen LogP contribution in [0.3, 0.4) is 0 Å². The molecule has 2 heterocycles. The van der Waals surface area contributed by atoms with Crippen molar-refractivity contribution in [1.82, 2.24) is 21.3 Å². The first-order valence-electron chi connectivity index (χ1n) is 7.57. The summed E-state index contributed by atoms with van der Waals surface area (Å²) in [5.74, 6) is -1.06. The molecule has 126 valence electrons. The zero-order chi connectivity index (χ0) is 17.7. The smallest absolute Gasteiger partial charge is 0.335 e. The number of carboxylic acid groups (broad SMARTS) is 1. The van der Waals surface area contributed by atoms with Gasteiger partial charge < -0.3 is 26.4 Å². The van der Waals surface area contributed by atoms with E-state index in [1.54, 1.807) is 36.4 Å². The quantitative estimate of drug-likeness (QED) is 0.574. The Bertz CT molecular complexity index is 859. The largest absolute Gasteiger partial charge is 0.478 e. The van der Waals surface area contributed by atoms with Crippen LogP contribution in [-0.4, -0.2) is 23.1 Å². The molecule has 4 rings (SSSR count). The first kappa shape index (κ1) is 15.0. The SMILES string of the molecule is O=C1NC2(c3ccccc3)NC(=O)NC2(c2ccc(C(=O)O)cc2)N1. The van der Waals surface area contributed by atoms with Gasteiger partial charge in [0.1, 0.15) is 0 Å². The Kier molecular flexibility index (Phi) is 2.98. The Morgan fingerprint density at radius 1 is 0.720 bits per heavy atom. The van der Waals surface area contributed by atoms with Crippen molar-refractivity contribution in [3.8, 4) is 0 Å². The van der Waals surface area contributed by atoms with Crippen LogP contribution in [0.25, 0.3) is 0 Å². The van der Waals surface area contributed by atoms with Gasteiger partial charge in [-0.15, -0.1) is 0 Å². The van der Waals surface area contributed by atoms with Crippen molar-refractivity contribution in [3.05, 3.63) is 71.3 Å². The Hall–Kier alpha value is -3.55. The number of carbonyl (C=O) groups excluding carboxylic acids is 2. The summed E-state index contributed by atoms with van der Waals surface area (Å²) < 4.78 is 0. The molecule has 8 heteroatoms. The molecule has 2 aliphatic rings. The van der Waals surface area contributed by atoms with E-state index in [0.29, 0.717) is 11.1 Å². The van der Waals surface area contributed by atoms with Crippen LogP contribution in [0.5, 0.6) is 0 Å². The van der Waals surface area contributed by atoms with Crippen LogP contribution in [-0.2, 0) is 11.3 Å². The van der Waals surface area contributed by atoms with Gasteiger partial charge in [-0.3, -0.25) is 0 Å². The first-order chi connectivity index (χ1) is 12.0. The molecule has 0 bridgehead atoms. The van der Waals surface area contributed by atoms with E-state index < -0.39 is 29.4 Å². The Balaban J connectivity index is 1.91. The number of rotatable bonds is 3. The summed E-state index contributed by atoms with van der Waals surface area (Å²) in [6.07, 6.45) is 0. The molecule has 2 saturated heterocycles. The van der Waals surface area contributed by atoms with Crippen LogP contribution in [0.15, 0.2) is 54.6 Å². The van der Waals surface area contributed by atoms with E-state index in [4.69, 9.17) is 5.11 Å². The maximum atomic E-state index is 12.2. The molecule has 2 aromatic carbocycles. The van der Waals surface area contributed by atoms with Gasteiger partial charge in [-0.1, -0.05) is 42.5 Å². The highest BCUT2D eigenvalue weighted by Crippen LogP contribution is 2.43. The van der Waals surface area contributed by atoms with Gasteiger partial charge in [0.25, 0.3) is 0 Å². The molecule has 0 unspecified atom stereocenters. The molecule has 0 radical (unpaired) electrons. The normalized spacial score (nSPS) is 26.9. The number of carbonyl (C=O) groups is 3. The van der Waals surface area contributed by atoms with Crippen LogP contribution in [0, 0.1) is 0 Å². The summed E-state index contributed by atoms with van der Waals surface area (Å²) in [4.78, 5) is 35.5. The molecule has 2 fully saturated rings. The van der Waals surface area contributed by atoms with Crippen molar-refractivity contribution >= 4 is 18.0 Å². The van der Waals surface area contributed by atoms with Gasteiger partial charge in [-0.25, -0.2) is 14.4 Å². The second-order valence-corrected chi connectivity index (χ2v) is 5.91. The topological polar surface area (TPSA) is 120 Å². The zero-order valence-electron chi connectivity index (χ0n) is 12.9. The Labute approximate surface area is 142 Å². The van der Waals surface area contributed by atoms with Crippen molar-refractivity contribution in [2.75, 3.05) is 0 Å². The fraction of sp³-hybridized carbons (Fsp3) is 0.118. The highest BCUT2D eigenvalue weighted by Gasteiger charge is 2.66. The summed E-state index contributed by atoms with van der Waals surface area (Å²) in [5, 5.41) is 20.2. The number of amides is 4. The van der Waals surface area contributed by atoms with Crippen molar-refractivity contribution in [1.29, 1.82) is 0 Å². The van der Waals surface area contributed by atoms with Crippen molar-refractivity contribution in [2.45, 2.75) is 11.3 Å². The van der Waals surface area contributed by atoms with Gasteiger partial charge >= 0.3 is 18.0 Å². The summed E-state index contributed by atoms with van der Waals surface area (Å²) in [6.45, 7) is 0. The van der Waals surface area contributed by atoms with E-state index in [-0.39, 0.29) is 5.56 Å². The fourth-order valence-corrected chi connectivity index (χ4v) is 3.45. The third-order valence-electron chi connectivity index (χ3n) is 4.54. The molecular formula is C17H14N4O4. The van der Waals surface area contributed by atoms with Gasteiger partial charge in [0.15, 0.2) is 11.3 Å². The highest BCUT2D eigenvalue weighted by molar-refractivity contribution is 5.90. The average Bonchev–Trinajstić information content (AvgIpc) is 3.03. The third-order valence-corrected chi connectivity index (χ3v) is 4.54. The molecule has 8 nitrogen and oxygen atoms in total. The van der Waals surface area contributed by atoms with Gasteiger partial charge in [0.05, 0.1) is 5.56 Å². The molecule has 2 aromatic rings. The van der Waals surface area contributed by atoms with Gasteiger partial charge in [0.2, 0.25) is 0 Å². The number of aromatic carboxylic acids is 1. The molecule has 0 spiro atoms. The number of nitrogens with one attached hydrogen (secondary N) is 4. The predicted molar refractivity (Wildman–Crippen MR) is 86.5 cm³/mol. The lowest BCUT2D eigenvalue weighted by molar-refractivity contribution is 0.0696. The molecule has 25 heavy (non-hydrogen) atoms. The lowest BCUT2D eigenvalue weighted by Gasteiger charge is -2.37. The standard InChI is InChI=1S/C17H14N4O4/c22-13(23)10-6-8-12(9-7-10)17-16(18-14(24)20-17,19-15(25)21-17)11-4-2-1-3-5-11/h1-9H,(H,22,23)(H2,18,20,24)(H2,19,21,25). The molecule has 0 aromatic heterocycles. The molecule has 2 aliphatic heterocycles. The van der Waals surface area contributed by atoms with Crippen LogP contribution in [0.2, 0.25) is 0 Å². The highest BCUT2D eigenvalue weighted by atomic mass is 16.4. The van der Waals surface area contributed by atoms with E-state index in [1.165, 1.54) is 12.1 Å². The maximum absolute atomic E-state index is 12.2. The van der Waals surface area contributed by atoms with Crippen LogP contribution in [0.1, 0.15) is 21.5 Å². The first-order valence-corrected chi connectivity index (χ1v) is 7.57.